The smallest absolute Gasteiger partial charge is 0.395 e. The zero-order valence-electron chi connectivity index (χ0n) is 13.5. The molecule has 0 atom stereocenters. The van der Waals surface area contributed by atoms with Crippen molar-refractivity contribution in [1.29, 1.82) is 0 Å². The third kappa shape index (κ3) is 2.85. The monoisotopic (exact) mass is 358 g/mol. The number of halogens is 2. The highest BCUT2D eigenvalue weighted by atomic mass is 19.3. The molecule has 0 fully saturated rings. The van der Waals surface area contributed by atoms with Crippen LogP contribution in [0.3, 0.4) is 0 Å². The number of rotatable bonds is 4. The average molecular weight is 358 g/mol. The van der Waals surface area contributed by atoms with Crippen LogP contribution in [0.1, 0.15) is 0 Å². The molecular formula is C18H14F2N3O3+. The molecule has 6 nitrogen and oxygen atoms in total. The summed E-state index contributed by atoms with van der Waals surface area (Å²) in [5.74, 6) is -0.507. The summed E-state index contributed by atoms with van der Waals surface area (Å²) in [5, 5.41) is 2.66. The highest BCUT2D eigenvalue weighted by Gasteiger charge is 2.43. The Morgan fingerprint density at radius 1 is 1.23 bits per heavy atom. The number of imidazole rings is 1. The van der Waals surface area contributed by atoms with E-state index in [2.05, 4.69) is 21.4 Å². The Kier molecular flexibility index (Phi) is 3.61. The molecule has 0 unspecified atom stereocenters. The number of carbonyl (C=O) groups excluding carboxylic acids is 1. The Hall–Kier alpha value is -3.42. The molecule has 132 valence electrons. The maximum Gasteiger partial charge on any atom is 0.586 e. The van der Waals surface area contributed by atoms with Crippen LogP contribution >= 0.6 is 0 Å². The van der Waals surface area contributed by atoms with E-state index in [9.17, 15) is 13.6 Å². The summed E-state index contributed by atoms with van der Waals surface area (Å²) in [5.41, 5.74) is 2.12. The topological polar surface area (TPSA) is 56.4 Å². The van der Waals surface area contributed by atoms with E-state index < -0.39 is 6.29 Å². The molecule has 1 N–H and O–H groups in total. The van der Waals surface area contributed by atoms with E-state index in [0.29, 0.717) is 5.69 Å². The summed E-state index contributed by atoms with van der Waals surface area (Å²) < 4.78 is 38.4. The number of hydrogen-bond donors (Lipinski definition) is 1. The molecule has 0 bridgehead atoms. The number of carbonyl (C=O) groups is 1. The van der Waals surface area contributed by atoms with Crippen molar-refractivity contribution in [2.75, 3.05) is 5.32 Å². The van der Waals surface area contributed by atoms with Gasteiger partial charge in [0.2, 0.25) is 6.33 Å². The average Bonchev–Trinajstić information content (AvgIpc) is 3.10. The summed E-state index contributed by atoms with van der Waals surface area (Å²) in [6.07, 6.45) is -0.278. The zero-order chi connectivity index (χ0) is 18.3. The van der Waals surface area contributed by atoms with Gasteiger partial charge in [0, 0.05) is 11.8 Å². The lowest BCUT2D eigenvalue weighted by Crippen LogP contribution is -2.39. The molecule has 1 amide bonds. The van der Waals surface area contributed by atoms with Crippen molar-refractivity contribution >= 4 is 28.8 Å². The van der Waals surface area contributed by atoms with E-state index in [1.165, 1.54) is 18.2 Å². The third-order valence-corrected chi connectivity index (χ3v) is 3.93. The second kappa shape index (κ2) is 5.83. The third-order valence-electron chi connectivity index (χ3n) is 3.93. The molecule has 0 spiro atoms. The number of aromatic nitrogens is 2. The fraction of sp³-hybridized carbons (Fsp3) is 0.111. The lowest BCUT2D eigenvalue weighted by atomic mass is 10.2. The van der Waals surface area contributed by atoms with Crippen molar-refractivity contribution in [2.45, 2.75) is 12.8 Å². The number of para-hydroxylation sites is 2. The van der Waals surface area contributed by atoms with Crippen LogP contribution in [0.4, 0.5) is 14.5 Å². The van der Waals surface area contributed by atoms with Gasteiger partial charge in [-0.1, -0.05) is 18.7 Å². The zero-order valence-corrected chi connectivity index (χ0v) is 13.5. The number of amides is 1. The second-order valence-corrected chi connectivity index (χ2v) is 5.70. The molecular weight excluding hydrogens is 344 g/mol. The summed E-state index contributed by atoms with van der Waals surface area (Å²) >= 11 is 0. The maximum atomic E-state index is 13.1. The predicted molar refractivity (Wildman–Crippen MR) is 89.8 cm³/mol. The summed E-state index contributed by atoms with van der Waals surface area (Å²) in [6, 6.07) is 11.7. The fourth-order valence-electron chi connectivity index (χ4n) is 2.85. The largest absolute Gasteiger partial charge is 0.586 e. The molecule has 4 rings (SSSR count). The molecule has 26 heavy (non-hydrogen) atoms. The van der Waals surface area contributed by atoms with Crippen LogP contribution in [-0.4, -0.2) is 16.8 Å². The van der Waals surface area contributed by atoms with Crippen LogP contribution < -0.4 is 19.4 Å². The van der Waals surface area contributed by atoms with Crippen molar-refractivity contribution in [1.82, 2.24) is 4.57 Å². The summed E-state index contributed by atoms with van der Waals surface area (Å²) in [6.45, 7) is 3.80. The van der Waals surface area contributed by atoms with E-state index in [-0.39, 0.29) is 24.0 Å². The number of nitrogens with one attached hydrogen (secondary N) is 1. The summed E-state index contributed by atoms with van der Waals surface area (Å²) in [4.78, 5) is 12.4. The number of fused-ring (bicyclic) bond motifs is 2. The number of nitrogens with zero attached hydrogens (tertiary/aromatic N) is 2. The van der Waals surface area contributed by atoms with Crippen molar-refractivity contribution in [3.05, 3.63) is 55.4 Å². The minimum absolute atomic E-state index is 0.0476. The van der Waals surface area contributed by atoms with E-state index in [4.69, 9.17) is 0 Å². The molecule has 8 heteroatoms. The van der Waals surface area contributed by atoms with Crippen LogP contribution in [0.5, 0.6) is 11.5 Å². The van der Waals surface area contributed by atoms with Crippen LogP contribution in [-0.2, 0) is 11.3 Å². The molecule has 1 aromatic heterocycles. The van der Waals surface area contributed by atoms with E-state index >= 15 is 0 Å². The first-order valence-electron chi connectivity index (χ1n) is 7.76. The Balaban J connectivity index is 1.53. The Labute approximate surface area is 146 Å². The SMILES string of the molecule is C=Cn1c[n+](CC(=O)Nc2ccc3c(c2)OC(F)(F)O3)c2ccccc21. The summed E-state index contributed by atoms with van der Waals surface area (Å²) in [7, 11) is 0. The fourth-order valence-corrected chi connectivity index (χ4v) is 2.85. The molecule has 1 aliphatic rings. The Morgan fingerprint density at radius 2 is 2.00 bits per heavy atom. The molecule has 0 saturated carbocycles. The number of ether oxygens (including phenoxy) is 2. The number of benzene rings is 2. The lowest BCUT2D eigenvalue weighted by Gasteiger charge is -2.05. The quantitative estimate of drug-likeness (QED) is 0.730. The predicted octanol–water partition coefficient (Wildman–Crippen LogP) is 2.99. The van der Waals surface area contributed by atoms with Gasteiger partial charge in [-0.2, -0.15) is 0 Å². The first kappa shape index (κ1) is 16.1. The second-order valence-electron chi connectivity index (χ2n) is 5.70. The molecule has 0 radical (unpaired) electrons. The highest BCUT2D eigenvalue weighted by molar-refractivity contribution is 5.90. The number of alkyl halides is 2. The normalized spacial score (nSPS) is 14.4. The molecule has 2 aromatic carbocycles. The first-order valence-corrected chi connectivity index (χ1v) is 7.76. The van der Waals surface area contributed by atoms with Crippen LogP contribution in [0.15, 0.2) is 55.4 Å². The van der Waals surface area contributed by atoms with Gasteiger partial charge in [-0.15, -0.1) is 8.78 Å². The first-order chi connectivity index (χ1) is 12.4. The molecule has 1 aliphatic heterocycles. The standard InChI is InChI=1S/C18H13F2N3O3/c1-2-22-11-23(14-6-4-3-5-13(14)22)10-17(24)21-12-7-8-15-16(9-12)26-18(19,20)25-15/h2-9,11H,1,10H2/p+1. The molecule has 2 heterocycles. The van der Waals surface area contributed by atoms with E-state index in [1.807, 2.05) is 28.8 Å². The molecule has 3 aromatic rings. The Bertz CT molecular complexity index is 1030. The van der Waals surface area contributed by atoms with Gasteiger partial charge in [0.05, 0.1) is 6.20 Å². The van der Waals surface area contributed by atoms with Crippen LogP contribution in [0.25, 0.3) is 17.2 Å². The number of anilines is 1. The van der Waals surface area contributed by atoms with Crippen molar-refractivity contribution < 1.29 is 27.6 Å². The van der Waals surface area contributed by atoms with Crippen molar-refractivity contribution in [3.63, 3.8) is 0 Å². The maximum absolute atomic E-state index is 13.1. The lowest BCUT2D eigenvalue weighted by molar-refractivity contribution is -0.658. The van der Waals surface area contributed by atoms with Gasteiger partial charge in [0.25, 0.3) is 5.91 Å². The van der Waals surface area contributed by atoms with Gasteiger partial charge in [-0.3, -0.25) is 4.79 Å². The highest BCUT2D eigenvalue weighted by Crippen LogP contribution is 2.42. The minimum Gasteiger partial charge on any atom is -0.395 e. The van der Waals surface area contributed by atoms with E-state index in [1.54, 1.807) is 17.1 Å². The van der Waals surface area contributed by atoms with Gasteiger partial charge in [0.15, 0.2) is 29.1 Å². The van der Waals surface area contributed by atoms with Gasteiger partial charge < -0.3 is 14.8 Å². The van der Waals surface area contributed by atoms with Gasteiger partial charge in [0.1, 0.15) is 0 Å². The minimum atomic E-state index is -3.69. The Morgan fingerprint density at radius 3 is 2.81 bits per heavy atom. The van der Waals surface area contributed by atoms with Crippen LogP contribution in [0.2, 0.25) is 0 Å². The van der Waals surface area contributed by atoms with Crippen LogP contribution in [0, 0.1) is 0 Å². The van der Waals surface area contributed by atoms with Gasteiger partial charge in [-0.05, 0) is 24.3 Å². The van der Waals surface area contributed by atoms with Crippen molar-refractivity contribution in [3.8, 4) is 11.5 Å². The van der Waals surface area contributed by atoms with Gasteiger partial charge in [-0.25, -0.2) is 9.13 Å². The van der Waals surface area contributed by atoms with E-state index in [0.717, 1.165) is 11.0 Å². The molecule has 0 saturated heterocycles. The van der Waals surface area contributed by atoms with Crippen molar-refractivity contribution in [2.24, 2.45) is 0 Å². The number of hydrogen-bond acceptors (Lipinski definition) is 3. The molecule has 0 aliphatic carbocycles. The van der Waals surface area contributed by atoms with Gasteiger partial charge >= 0.3 is 6.29 Å².